The summed E-state index contributed by atoms with van der Waals surface area (Å²) in [7, 11) is 1.84. The highest BCUT2D eigenvalue weighted by atomic mass is 16.1. The van der Waals surface area contributed by atoms with Crippen molar-refractivity contribution in [1.29, 1.82) is 0 Å². The van der Waals surface area contributed by atoms with E-state index in [2.05, 4.69) is 17.6 Å². The molecule has 0 aliphatic heterocycles. The minimum atomic E-state index is 0.0405. The highest BCUT2D eigenvalue weighted by Gasteiger charge is 2.23. The first-order chi connectivity index (χ1) is 8.72. The second-order valence-electron chi connectivity index (χ2n) is 5.14. The molecule has 2 rings (SSSR count). The Hall–Kier alpha value is -1.51. The normalized spacial score (nSPS) is 23.4. The second-order valence-corrected chi connectivity index (χ2v) is 5.14. The van der Waals surface area contributed by atoms with Gasteiger partial charge in [-0.1, -0.05) is 31.9 Å². The van der Waals surface area contributed by atoms with E-state index >= 15 is 0 Å². The lowest BCUT2D eigenvalue weighted by Gasteiger charge is -2.29. The molecule has 0 saturated heterocycles. The zero-order valence-corrected chi connectivity index (χ0v) is 11.2. The van der Waals surface area contributed by atoms with Gasteiger partial charge in [0, 0.05) is 18.8 Å². The van der Waals surface area contributed by atoms with Crippen LogP contribution < -0.4 is 10.6 Å². The molecule has 0 spiro atoms. The van der Waals surface area contributed by atoms with E-state index in [-0.39, 0.29) is 5.91 Å². The first-order valence-electron chi connectivity index (χ1n) is 6.80. The van der Waals surface area contributed by atoms with Gasteiger partial charge >= 0.3 is 0 Å². The fourth-order valence-corrected chi connectivity index (χ4v) is 2.68. The number of carbonyl (C=O) groups is 1. The first-order valence-corrected chi connectivity index (χ1v) is 6.80. The lowest BCUT2D eigenvalue weighted by molar-refractivity contribution is 0.0911. The summed E-state index contributed by atoms with van der Waals surface area (Å²) < 4.78 is 0. The van der Waals surface area contributed by atoms with Gasteiger partial charge in [0.1, 0.15) is 0 Å². The highest BCUT2D eigenvalue weighted by Crippen LogP contribution is 2.24. The predicted octanol–water partition coefficient (Wildman–Crippen LogP) is 3.04. The summed E-state index contributed by atoms with van der Waals surface area (Å²) >= 11 is 0. The molecule has 3 nitrogen and oxygen atoms in total. The van der Waals surface area contributed by atoms with Crippen LogP contribution in [0.3, 0.4) is 0 Å². The predicted molar refractivity (Wildman–Crippen MR) is 74.9 cm³/mol. The van der Waals surface area contributed by atoms with Crippen LogP contribution >= 0.6 is 0 Å². The Morgan fingerprint density at radius 1 is 1.22 bits per heavy atom. The van der Waals surface area contributed by atoms with Crippen LogP contribution in [0.2, 0.25) is 0 Å². The first kappa shape index (κ1) is 12.9. The van der Waals surface area contributed by atoms with Gasteiger partial charge in [-0.3, -0.25) is 4.79 Å². The van der Waals surface area contributed by atoms with E-state index in [1.165, 1.54) is 19.3 Å². The Morgan fingerprint density at radius 3 is 2.67 bits per heavy atom. The van der Waals surface area contributed by atoms with Gasteiger partial charge in [-0.15, -0.1) is 0 Å². The average Bonchev–Trinajstić information content (AvgIpc) is 2.41. The van der Waals surface area contributed by atoms with Crippen molar-refractivity contribution in [3.8, 4) is 0 Å². The topological polar surface area (TPSA) is 41.1 Å². The molecule has 98 valence electrons. The molecule has 0 bridgehead atoms. The lowest BCUT2D eigenvalue weighted by Crippen LogP contribution is -2.41. The number of benzene rings is 1. The number of rotatable bonds is 3. The largest absolute Gasteiger partial charge is 0.387 e. The summed E-state index contributed by atoms with van der Waals surface area (Å²) in [4.78, 5) is 12.3. The fraction of sp³-hybridized carbons (Fsp3) is 0.533. The molecule has 0 radical (unpaired) electrons. The Bertz CT molecular complexity index is 417. The molecule has 1 aliphatic carbocycles. The Morgan fingerprint density at radius 2 is 1.94 bits per heavy atom. The molecule has 1 amide bonds. The molecule has 1 aromatic carbocycles. The van der Waals surface area contributed by atoms with E-state index in [1.54, 1.807) is 0 Å². The van der Waals surface area contributed by atoms with Gasteiger partial charge in [0.15, 0.2) is 0 Å². The summed E-state index contributed by atoms with van der Waals surface area (Å²) in [6.07, 6.45) is 4.84. The third-order valence-corrected chi connectivity index (χ3v) is 3.87. The quantitative estimate of drug-likeness (QED) is 0.860. The molecule has 2 atom stereocenters. The van der Waals surface area contributed by atoms with Gasteiger partial charge in [-0.05, 0) is 30.9 Å². The molecule has 1 aromatic rings. The molecule has 0 aromatic heterocycles. The molecule has 1 aliphatic rings. The summed E-state index contributed by atoms with van der Waals surface area (Å²) in [6.45, 7) is 2.23. The smallest absolute Gasteiger partial charge is 0.253 e. The van der Waals surface area contributed by atoms with Gasteiger partial charge in [0.25, 0.3) is 5.91 Å². The van der Waals surface area contributed by atoms with Crippen molar-refractivity contribution in [2.45, 2.75) is 38.6 Å². The van der Waals surface area contributed by atoms with Crippen LogP contribution in [-0.4, -0.2) is 19.0 Å². The van der Waals surface area contributed by atoms with Gasteiger partial charge < -0.3 is 10.6 Å². The number of hydrogen-bond acceptors (Lipinski definition) is 2. The Labute approximate surface area is 109 Å². The maximum atomic E-state index is 12.3. The van der Waals surface area contributed by atoms with E-state index in [0.29, 0.717) is 12.0 Å². The van der Waals surface area contributed by atoms with E-state index in [9.17, 15) is 4.79 Å². The van der Waals surface area contributed by atoms with E-state index < -0.39 is 0 Å². The second kappa shape index (κ2) is 5.89. The summed E-state index contributed by atoms with van der Waals surface area (Å²) in [5, 5.41) is 6.24. The zero-order valence-electron chi connectivity index (χ0n) is 11.2. The van der Waals surface area contributed by atoms with Crippen LogP contribution in [0.15, 0.2) is 24.3 Å². The van der Waals surface area contributed by atoms with Crippen molar-refractivity contribution in [3.63, 3.8) is 0 Å². The lowest BCUT2D eigenvalue weighted by atomic mass is 9.86. The molecule has 18 heavy (non-hydrogen) atoms. The molecule has 0 heterocycles. The number of nitrogens with one attached hydrogen (secondary N) is 2. The van der Waals surface area contributed by atoms with Crippen LogP contribution in [0, 0.1) is 5.92 Å². The van der Waals surface area contributed by atoms with Gasteiger partial charge in [0.2, 0.25) is 0 Å². The third-order valence-electron chi connectivity index (χ3n) is 3.87. The van der Waals surface area contributed by atoms with Crippen molar-refractivity contribution >= 4 is 11.6 Å². The van der Waals surface area contributed by atoms with Crippen LogP contribution in [0.1, 0.15) is 43.0 Å². The number of hydrogen-bond donors (Lipinski definition) is 2. The number of carbonyl (C=O) groups excluding carboxylic acids is 1. The molecule has 0 unspecified atom stereocenters. The van der Waals surface area contributed by atoms with Crippen molar-refractivity contribution in [1.82, 2.24) is 5.32 Å². The minimum absolute atomic E-state index is 0.0405. The van der Waals surface area contributed by atoms with Crippen LogP contribution in [0.5, 0.6) is 0 Å². The molecular formula is C15H22N2O. The molecule has 2 N–H and O–H groups in total. The number of amides is 1. The van der Waals surface area contributed by atoms with Gasteiger partial charge in [-0.25, -0.2) is 0 Å². The zero-order chi connectivity index (χ0) is 13.0. The highest BCUT2D eigenvalue weighted by molar-refractivity contribution is 5.99. The van der Waals surface area contributed by atoms with Gasteiger partial charge in [0.05, 0.1) is 5.56 Å². The Kier molecular flexibility index (Phi) is 4.24. The third kappa shape index (κ3) is 2.84. The molecular weight excluding hydrogens is 224 g/mol. The average molecular weight is 246 g/mol. The van der Waals surface area contributed by atoms with Crippen LogP contribution in [0.4, 0.5) is 5.69 Å². The Balaban J connectivity index is 2.07. The van der Waals surface area contributed by atoms with Crippen molar-refractivity contribution in [2.75, 3.05) is 12.4 Å². The maximum absolute atomic E-state index is 12.3. The van der Waals surface area contributed by atoms with Crippen molar-refractivity contribution in [2.24, 2.45) is 5.92 Å². The van der Waals surface area contributed by atoms with E-state index in [4.69, 9.17) is 0 Å². The maximum Gasteiger partial charge on any atom is 0.253 e. The van der Waals surface area contributed by atoms with E-state index in [0.717, 1.165) is 17.7 Å². The number of anilines is 1. The van der Waals surface area contributed by atoms with Gasteiger partial charge in [-0.2, -0.15) is 0 Å². The SMILES string of the molecule is CNc1ccccc1C(=O)N[C@H]1CCCC[C@@H]1C. The van der Waals surface area contributed by atoms with Crippen LogP contribution in [-0.2, 0) is 0 Å². The number of para-hydroxylation sites is 1. The molecule has 3 heteroatoms. The minimum Gasteiger partial charge on any atom is -0.387 e. The monoisotopic (exact) mass is 246 g/mol. The summed E-state index contributed by atoms with van der Waals surface area (Å²) in [6, 6.07) is 7.97. The van der Waals surface area contributed by atoms with Crippen LogP contribution in [0.25, 0.3) is 0 Å². The van der Waals surface area contributed by atoms with Crippen molar-refractivity contribution in [3.05, 3.63) is 29.8 Å². The van der Waals surface area contributed by atoms with Crippen molar-refractivity contribution < 1.29 is 4.79 Å². The standard InChI is InChI=1S/C15H22N2O/c1-11-7-3-5-9-13(11)17-15(18)12-8-4-6-10-14(12)16-2/h4,6,8,10-11,13,16H,3,5,7,9H2,1-2H3,(H,17,18)/t11-,13-/m0/s1. The summed E-state index contributed by atoms with van der Waals surface area (Å²) in [5.41, 5.74) is 1.62. The molecule has 1 fully saturated rings. The van der Waals surface area contributed by atoms with E-state index in [1.807, 2.05) is 31.3 Å². The fourth-order valence-electron chi connectivity index (χ4n) is 2.68. The summed E-state index contributed by atoms with van der Waals surface area (Å²) in [5.74, 6) is 0.628. The molecule has 1 saturated carbocycles.